The van der Waals surface area contributed by atoms with Gasteiger partial charge < -0.3 is 15.1 Å². The lowest BCUT2D eigenvalue weighted by Crippen LogP contribution is -2.43. The minimum atomic E-state index is -4.76. The molecule has 0 spiro atoms. The Hall–Kier alpha value is -2.52. The number of amidine groups is 1. The number of nitrogens with zero attached hydrogens (tertiary/aromatic N) is 3. The number of hydrogen-bond acceptors (Lipinski definition) is 5. The molecule has 11 heteroatoms. The van der Waals surface area contributed by atoms with Gasteiger partial charge in [0.1, 0.15) is 11.5 Å². The Morgan fingerprint density at radius 1 is 1.15 bits per heavy atom. The number of carbonyl (C=O) groups excluding carboxylic acids is 1. The van der Waals surface area contributed by atoms with E-state index >= 15 is 0 Å². The second-order valence-corrected chi connectivity index (χ2v) is 9.83. The second-order valence-electron chi connectivity index (χ2n) is 8.96. The van der Waals surface area contributed by atoms with Crippen molar-refractivity contribution >= 4 is 34.9 Å². The number of aromatic nitrogens is 1. The van der Waals surface area contributed by atoms with E-state index < -0.39 is 18.2 Å². The quantitative estimate of drug-likeness (QED) is 0.593. The van der Waals surface area contributed by atoms with Crippen LogP contribution in [0.3, 0.4) is 0 Å². The van der Waals surface area contributed by atoms with E-state index in [1.807, 2.05) is 0 Å². The molecule has 1 fully saturated rings. The number of alkyl halides is 3. The number of halogens is 5. The zero-order valence-corrected chi connectivity index (χ0v) is 19.5. The molecule has 1 atom stereocenters. The normalized spacial score (nSPS) is 22.1. The summed E-state index contributed by atoms with van der Waals surface area (Å²) in [6.45, 7) is 1.25. The van der Waals surface area contributed by atoms with Crippen molar-refractivity contribution in [1.82, 2.24) is 15.2 Å². The molecule has 3 aliphatic rings. The fourth-order valence-electron chi connectivity index (χ4n) is 4.46. The summed E-state index contributed by atoms with van der Waals surface area (Å²) >= 11 is 11.9. The molecule has 6 nitrogen and oxygen atoms in total. The number of nitrogens with one attached hydrogen (secondary N) is 1. The molecule has 34 heavy (non-hydrogen) atoms. The molecule has 180 valence electrons. The molecule has 1 unspecified atom stereocenters. The van der Waals surface area contributed by atoms with Gasteiger partial charge in [-0.05, 0) is 54.2 Å². The molecule has 1 aliphatic carbocycles. The number of hydrogen-bond donors (Lipinski definition) is 1. The Labute approximate surface area is 204 Å². The van der Waals surface area contributed by atoms with Gasteiger partial charge in [-0.25, -0.2) is 0 Å². The van der Waals surface area contributed by atoms with Gasteiger partial charge in [-0.15, -0.1) is 0 Å². The molecule has 1 N–H and O–H groups in total. The van der Waals surface area contributed by atoms with Gasteiger partial charge in [0.25, 0.3) is 11.5 Å². The Kier molecular flexibility index (Phi) is 5.88. The summed E-state index contributed by atoms with van der Waals surface area (Å²) in [6, 6.07) is 5.43. The maximum Gasteiger partial charge on any atom is 0.435 e. The van der Waals surface area contributed by atoms with Crippen LogP contribution in [0.25, 0.3) is 0 Å². The maximum absolute atomic E-state index is 14.2. The van der Waals surface area contributed by atoms with Crippen LogP contribution in [0.2, 0.25) is 10.0 Å². The van der Waals surface area contributed by atoms with E-state index in [2.05, 4.69) is 15.5 Å². The third kappa shape index (κ3) is 4.20. The largest absolute Gasteiger partial charge is 0.435 e. The highest BCUT2D eigenvalue weighted by Gasteiger charge is 2.63. The van der Waals surface area contributed by atoms with Crippen molar-refractivity contribution in [2.45, 2.75) is 50.6 Å². The highest BCUT2D eigenvalue weighted by molar-refractivity contribution is 6.34. The van der Waals surface area contributed by atoms with Crippen molar-refractivity contribution in [1.29, 1.82) is 0 Å². The fourth-order valence-corrected chi connectivity index (χ4v) is 4.98. The first-order chi connectivity index (χ1) is 16.1. The van der Waals surface area contributed by atoms with Crippen LogP contribution in [0.5, 0.6) is 0 Å². The Morgan fingerprint density at radius 2 is 1.85 bits per heavy atom. The predicted octanol–water partition coefficient (Wildman–Crippen LogP) is 5.43. The van der Waals surface area contributed by atoms with Crippen LogP contribution in [-0.4, -0.2) is 34.3 Å². The summed E-state index contributed by atoms with van der Waals surface area (Å²) in [5, 5.41) is 6.87. The number of carbonyl (C=O) groups is 1. The molecule has 1 aromatic heterocycles. The van der Waals surface area contributed by atoms with Gasteiger partial charge in [-0.2, -0.15) is 13.2 Å². The lowest BCUT2D eigenvalue weighted by molar-refractivity contribution is -0.275. The molecule has 1 saturated carbocycles. The van der Waals surface area contributed by atoms with E-state index in [0.29, 0.717) is 31.2 Å². The SMILES string of the molecule is O=C(NCC1CCC1)c1cc2c(cn1)CN(C1=NOC(c3cc(Cl)cc(Cl)c3)(C(F)(F)F)C1)C2. The molecule has 3 heterocycles. The number of rotatable bonds is 4. The predicted molar refractivity (Wildman–Crippen MR) is 120 cm³/mol. The lowest BCUT2D eigenvalue weighted by Gasteiger charge is -2.30. The lowest BCUT2D eigenvalue weighted by atomic mass is 9.85. The van der Waals surface area contributed by atoms with Crippen molar-refractivity contribution in [3.63, 3.8) is 0 Å². The van der Waals surface area contributed by atoms with Crippen molar-refractivity contribution in [2.24, 2.45) is 11.1 Å². The van der Waals surface area contributed by atoms with Gasteiger partial charge >= 0.3 is 6.18 Å². The van der Waals surface area contributed by atoms with Gasteiger partial charge in [0.15, 0.2) is 0 Å². The molecular weight excluding hydrogens is 492 g/mol. The van der Waals surface area contributed by atoms with E-state index in [4.69, 9.17) is 28.0 Å². The zero-order chi connectivity index (χ0) is 24.1. The zero-order valence-electron chi connectivity index (χ0n) is 18.0. The third-order valence-corrected chi connectivity index (χ3v) is 7.12. The first kappa shape index (κ1) is 23.2. The van der Waals surface area contributed by atoms with Crippen LogP contribution in [-0.2, 0) is 23.5 Å². The first-order valence-corrected chi connectivity index (χ1v) is 11.7. The van der Waals surface area contributed by atoms with Crippen molar-refractivity contribution in [2.75, 3.05) is 6.54 Å². The van der Waals surface area contributed by atoms with Gasteiger partial charge in [0, 0.05) is 41.4 Å². The summed E-state index contributed by atoms with van der Waals surface area (Å²) in [4.78, 5) is 23.5. The molecule has 1 aromatic carbocycles. The average molecular weight is 513 g/mol. The minimum Gasteiger partial charge on any atom is -0.372 e. The van der Waals surface area contributed by atoms with E-state index in [9.17, 15) is 18.0 Å². The Bertz CT molecular complexity index is 1150. The maximum atomic E-state index is 14.2. The summed E-state index contributed by atoms with van der Waals surface area (Å²) in [6.07, 6.45) is -0.246. The molecule has 0 saturated heterocycles. The molecule has 0 bridgehead atoms. The van der Waals surface area contributed by atoms with Gasteiger partial charge in [-0.3, -0.25) is 9.78 Å². The van der Waals surface area contributed by atoms with Gasteiger partial charge in [-0.1, -0.05) is 34.8 Å². The highest BCUT2D eigenvalue weighted by Crippen LogP contribution is 2.49. The molecule has 1 amide bonds. The standard InChI is InChI=1S/C23H21Cl2F3N4O2/c24-17-5-16(6-18(25)7-17)22(23(26,27)28)8-20(31-34-22)32-11-14-4-19(29-10-15(14)12-32)21(33)30-9-13-2-1-3-13/h4-7,10,13H,1-3,8-9,11-12H2,(H,30,33). The molecule has 2 aliphatic heterocycles. The number of fused-ring (bicyclic) bond motifs is 1. The van der Waals surface area contributed by atoms with Crippen LogP contribution in [0, 0.1) is 5.92 Å². The third-order valence-electron chi connectivity index (χ3n) is 6.68. The summed E-state index contributed by atoms with van der Waals surface area (Å²) in [5.74, 6) is 0.432. The second kappa shape index (κ2) is 8.61. The topological polar surface area (TPSA) is 66.8 Å². The molecule has 2 aromatic rings. The number of benzene rings is 1. The van der Waals surface area contributed by atoms with Gasteiger partial charge in [0.05, 0.1) is 6.42 Å². The Balaban J connectivity index is 1.32. The van der Waals surface area contributed by atoms with Crippen LogP contribution < -0.4 is 5.32 Å². The minimum absolute atomic E-state index is 0.0749. The fraction of sp³-hybridized carbons (Fsp3) is 0.435. The molecule has 0 radical (unpaired) electrons. The summed E-state index contributed by atoms with van der Waals surface area (Å²) in [7, 11) is 0. The van der Waals surface area contributed by atoms with Crippen LogP contribution in [0.15, 0.2) is 35.6 Å². The van der Waals surface area contributed by atoms with Gasteiger partial charge in [0.2, 0.25) is 0 Å². The van der Waals surface area contributed by atoms with E-state index in [0.717, 1.165) is 24.0 Å². The monoisotopic (exact) mass is 512 g/mol. The van der Waals surface area contributed by atoms with Crippen molar-refractivity contribution < 1.29 is 22.8 Å². The average Bonchev–Trinajstić information content (AvgIpc) is 3.36. The van der Waals surface area contributed by atoms with E-state index in [-0.39, 0.29) is 27.4 Å². The molecule has 5 rings (SSSR count). The molecular formula is C23H21Cl2F3N4O2. The van der Waals surface area contributed by atoms with E-state index in [1.54, 1.807) is 17.2 Å². The highest BCUT2D eigenvalue weighted by atomic mass is 35.5. The number of amides is 1. The van der Waals surface area contributed by atoms with Crippen LogP contribution >= 0.6 is 23.2 Å². The van der Waals surface area contributed by atoms with Crippen LogP contribution in [0.1, 0.15) is 52.9 Å². The van der Waals surface area contributed by atoms with Crippen LogP contribution in [0.4, 0.5) is 13.2 Å². The van der Waals surface area contributed by atoms with Crippen molar-refractivity contribution in [3.8, 4) is 0 Å². The number of pyridine rings is 1. The Morgan fingerprint density at radius 3 is 2.50 bits per heavy atom. The summed E-state index contributed by atoms with van der Waals surface area (Å²) < 4.78 is 42.7. The smallest absolute Gasteiger partial charge is 0.372 e. The van der Waals surface area contributed by atoms with Crippen molar-refractivity contribution in [3.05, 3.63) is 62.9 Å². The number of oxime groups is 1. The van der Waals surface area contributed by atoms with E-state index in [1.165, 1.54) is 24.6 Å². The first-order valence-electron chi connectivity index (χ1n) is 10.9. The summed E-state index contributed by atoms with van der Waals surface area (Å²) in [5.41, 5.74) is -0.950.